The molecule has 4 aromatic carbocycles. The molecule has 0 aromatic heterocycles. The lowest BCUT2D eigenvalue weighted by Gasteiger charge is -2.50. The number of primary amides is 1. The van der Waals surface area contributed by atoms with Gasteiger partial charge in [0, 0.05) is 23.7 Å². The molecule has 0 radical (unpaired) electrons. The summed E-state index contributed by atoms with van der Waals surface area (Å²) >= 11 is 6.44. The molecule has 0 saturated carbocycles. The molecule has 4 amide bonds. The fourth-order valence-electron chi connectivity index (χ4n) is 6.69. The van der Waals surface area contributed by atoms with Gasteiger partial charge in [-0.1, -0.05) is 72.3 Å². The quantitative estimate of drug-likeness (QED) is 0.140. The Morgan fingerprint density at radius 2 is 1.71 bits per heavy atom. The lowest BCUT2D eigenvalue weighted by atomic mass is 9.96. The van der Waals surface area contributed by atoms with E-state index in [4.69, 9.17) is 22.1 Å². The molecular weight excluding hydrogens is 670 g/mol. The van der Waals surface area contributed by atoms with Crippen LogP contribution in [0.3, 0.4) is 0 Å². The average molecular weight is 714 g/mol. The third-order valence-corrected chi connectivity index (χ3v) is 9.29. The van der Waals surface area contributed by atoms with Gasteiger partial charge in [0.15, 0.2) is 6.04 Å². The Bertz CT molecular complexity index is 1940. The molecule has 51 heavy (non-hydrogen) atoms. The summed E-state index contributed by atoms with van der Waals surface area (Å²) in [4.78, 5) is 56.5. The zero-order valence-corrected chi connectivity index (χ0v) is 30.2. The number of quaternary nitrogens is 1. The fraction of sp³-hybridized carbons (Fsp3) is 0.333. The first kappa shape index (κ1) is 37.4. The summed E-state index contributed by atoms with van der Waals surface area (Å²) < 4.78 is 3.82. The lowest BCUT2D eigenvalue weighted by Crippen LogP contribution is -2.64. The van der Waals surface area contributed by atoms with Crippen LogP contribution in [0, 0.1) is 5.21 Å². The van der Waals surface area contributed by atoms with E-state index in [0.717, 1.165) is 16.3 Å². The van der Waals surface area contributed by atoms with Crippen molar-refractivity contribution >= 4 is 51.9 Å². The number of amides is 4. The number of benzene rings is 4. The van der Waals surface area contributed by atoms with E-state index in [1.807, 2.05) is 42.5 Å². The molecule has 0 bridgehead atoms. The van der Waals surface area contributed by atoms with Gasteiger partial charge in [-0.2, -0.15) is 0 Å². The number of carbonyl (C=O) groups is 4. The van der Waals surface area contributed by atoms with E-state index in [-0.39, 0.29) is 37.2 Å². The summed E-state index contributed by atoms with van der Waals surface area (Å²) in [6, 6.07) is 23.2. The Hall–Kier alpha value is -4.81. The van der Waals surface area contributed by atoms with Crippen molar-refractivity contribution < 1.29 is 28.7 Å². The number of fused-ring (bicyclic) bond motifs is 1. The van der Waals surface area contributed by atoms with Crippen LogP contribution in [-0.2, 0) is 20.7 Å². The van der Waals surface area contributed by atoms with E-state index < -0.39 is 52.3 Å². The molecule has 5 rings (SSSR count). The number of nitrogens with one attached hydrogen (secondary N) is 1. The van der Waals surface area contributed by atoms with Gasteiger partial charge >= 0.3 is 12.0 Å². The predicted octanol–water partition coefficient (Wildman–Crippen LogP) is 6.99. The smallest absolute Gasteiger partial charge is 0.412 e. The molecule has 1 saturated heterocycles. The van der Waals surface area contributed by atoms with Crippen LogP contribution in [0.15, 0.2) is 91.0 Å². The zero-order chi connectivity index (χ0) is 37.1. The van der Waals surface area contributed by atoms with Gasteiger partial charge in [-0.25, -0.2) is 14.3 Å². The molecule has 0 spiro atoms. The zero-order valence-electron chi connectivity index (χ0n) is 29.5. The number of hydrogen-bond donors (Lipinski definition) is 2. The summed E-state index contributed by atoms with van der Waals surface area (Å²) in [6.45, 7) is 8.40. The Morgan fingerprint density at radius 3 is 2.39 bits per heavy atom. The summed E-state index contributed by atoms with van der Waals surface area (Å²) in [5.74, 6) is -2.08. The molecular formula is C39H44ClN5O6. The van der Waals surface area contributed by atoms with E-state index in [0.29, 0.717) is 10.6 Å². The number of nitrogens with zero attached hydrogens (tertiary/aromatic N) is 3. The minimum Gasteiger partial charge on any atom is -0.604 e. The second kappa shape index (κ2) is 15.2. The number of hydrogen-bond acceptors (Lipinski definition) is 7. The van der Waals surface area contributed by atoms with Gasteiger partial charge in [-0.05, 0) is 93.3 Å². The second-order valence-corrected chi connectivity index (χ2v) is 14.2. The number of rotatable bonds is 9. The van der Waals surface area contributed by atoms with Gasteiger partial charge in [-0.15, -0.1) is 5.01 Å². The molecule has 4 unspecified atom stereocenters. The van der Waals surface area contributed by atoms with Crippen LogP contribution in [0.4, 0.5) is 10.5 Å². The van der Waals surface area contributed by atoms with E-state index in [1.54, 1.807) is 71.0 Å². The molecule has 12 heteroatoms. The summed E-state index contributed by atoms with van der Waals surface area (Å²) in [5, 5.41) is 21.4. The highest BCUT2D eigenvalue weighted by atomic mass is 35.5. The molecule has 4 aromatic rings. The maximum Gasteiger partial charge on any atom is 0.412 e. The van der Waals surface area contributed by atoms with Gasteiger partial charge in [0.25, 0.3) is 5.91 Å². The number of anilines is 1. The van der Waals surface area contributed by atoms with Gasteiger partial charge < -0.3 is 20.6 Å². The van der Waals surface area contributed by atoms with Crippen LogP contribution in [0.25, 0.3) is 10.8 Å². The normalized spacial score (nSPS) is 18.8. The van der Waals surface area contributed by atoms with Crippen molar-refractivity contribution in [2.45, 2.75) is 71.2 Å². The fourth-order valence-corrected chi connectivity index (χ4v) is 6.89. The number of nitrogens with two attached hydrogens (primary N) is 1. The van der Waals surface area contributed by atoms with E-state index in [2.05, 4.69) is 5.32 Å². The minimum atomic E-state index is -1.53. The van der Waals surface area contributed by atoms with Crippen molar-refractivity contribution in [2.75, 3.05) is 18.4 Å². The molecule has 1 aliphatic heterocycles. The third-order valence-electron chi connectivity index (χ3n) is 9.06. The van der Waals surface area contributed by atoms with Gasteiger partial charge in [0.05, 0.1) is 11.6 Å². The molecule has 11 nitrogen and oxygen atoms in total. The van der Waals surface area contributed by atoms with E-state index in [1.165, 1.54) is 22.0 Å². The van der Waals surface area contributed by atoms with Crippen molar-refractivity contribution in [3.8, 4) is 0 Å². The van der Waals surface area contributed by atoms with Crippen molar-refractivity contribution in [1.82, 2.24) is 9.91 Å². The van der Waals surface area contributed by atoms with Gasteiger partial charge in [0.1, 0.15) is 18.2 Å². The molecule has 0 aliphatic carbocycles. The Kier molecular flexibility index (Phi) is 11.2. The number of ether oxygens (including phenoxy) is 1. The summed E-state index contributed by atoms with van der Waals surface area (Å²) in [7, 11) is 0. The van der Waals surface area contributed by atoms with Gasteiger partial charge in [-0.3, -0.25) is 14.9 Å². The lowest BCUT2D eigenvalue weighted by molar-refractivity contribution is -0.929. The maximum absolute atomic E-state index is 15.2. The molecule has 268 valence electrons. The number of hydroxylamine groups is 2. The monoisotopic (exact) mass is 713 g/mol. The molecule has 1 heterocycles. The van der Waals surface area contributed by atoms with Crippen LogP contribution < -0.4 is 11.1 Å². The van der Waals surface area contributed by atoms with Crippen LogP contribution in [-0.4, -0.2) is 69.3 Å². The standard InChI is InChI=1S/C39H44ClN5O6/c1-6-45(50,37(48)29-16-11-18-31(23-29)42-38(49)51-39(3,4)5)44-25(2)20-21-43(36(47)34(44)28-15-10-17-30(40)22-28)33(35(41)46)24-27-14-9-13-26-12-7-8-19-32(26)27/h7-19,22-23,25,33-34H,6,20-21,24H2,1-5H3,(H2,41,46)(H,42,49). The van der Waals surface area contributed by atoms with Crippen LogP contribution in [0.1, 0.15) is 68.6 Å². The second-order valence-electron chi connectivity index (χ2n) is 13.8. The van der Waals surface area contributed by atoms with Crippen molar-refractivity contribution in [1.29, 1.82) is 0 Å². The van der Waals surface area contributed by atoms with Crippen LogP contribution in [0.5, 0.6) is 0 Å². The molecule has 4 atom stereocenters. The summed E-state index contributed by atoms with van der Waals surface area (Å²) in [5.41, 5.74) is 6.81. The minimum absolute atomic E-state index is 0.0250. The van der Waals surface area contributed by atoms with Crippen LogP contribution >= 0.6 is 11.6 Å². The third kappa shape index (κ3) is 8.23. The number of halogens is 1. The van der Waals surface area contributed by atoms with E-state index in [9.17, 15) is 19.2 Å². The largest absolute Gasteiger partial charge is 0.604 e. The predicted molar refractivity (Wildman–Crippen MR) is 197 cm³/mol. The Morgan fingerprint density at radius 1 is 1.02 bits per heavy atom. The summed E-state index contributed by atoms with van der Waals surface area (Å²) in [6.07, 6.45) is -0.302. The number of carbonyl (C=O) groups excluding carboxylic acids is 4. The van der Waals surface area contributed by atoms with E-state index >= 15 is 5.21 Å². The molecule has 1 aliphatic rings. The van der Waals surface area contributed by atoms with Crippen molar-refractivity contribution in [3.63, 3.8) is 0 Å². The Balaban J connectivity index is 1.56. The van der Waals surface area contributed by atoms with Crippen molar-refractivity contribution in [3.05, 3.63) is 118 Å². The highest BCUT2D eigenvalue weighted by Gasteiger charge is 2.50. The first-order chi connectivity index (χ1) is 24.1. The average Bonchev–Trinajstić information content (AvgIpc) is 3.21. The Labute approximate surface area is 303 Å². The highest BCUT2D eigenvalue weighted by Crippen LogP contribution is 2.38. The molecule has 3 N–H and O–H groups in total. The maximum atomic E-state index is 15.2. The first-order valence-electron chi connectivity index (χ1n) is 17.0. The first-order valence-corrected chi connectivity index (χ1v) is 17.4. The van der Waals surface area contributed by atoms with Crippen molar-refractivity contribution in [2.24, 2.45) is 5.73 Å². The SMILES string of the molecule is CC[N+]([O-])(C(=O)c1cccc(NC(=O)OC(C)(C)C)c1)N1C(C)CCN(C(Cc2cccc3ccccc23)C(N)=O)C(=O)C1c1cccc(Cl)c1. The topological polar surface area (TPSA) is 145 Å². The highest BCUT2D eigenvalue weighted by molar-refractivity contribution is 6.30. The van der Waals surface area contributed by atoms with Crippen LogP contribution in [0.2, 0.25) is 5.02 Å². The van der Waals surface area contributed by atoms with Gasteiger partial charge in [0.2, 0.25) is 5.91 Å². The molecule has 1 fully saturated rings.